The Morgan fingerprint density at radius 2 is 1.59 bits per heavy atom. The quantitative estimate of drug-likeness (QED) is 0.220. The van der Waals surface area contributed by atoms with Crippen LogP contribution in [-0.4, -0.2) is 61.7 Å². The monoisotopic (exact) mass is 547 g/mol. The number of hydrogen-bond donors (Lipinski definition) is 0. The number of aromatic nitrogens is 4. The van der Waals surface area contributed by atoms with Crippen molar-refractivity contribution in [2.24, 2.45) is 0 Å². The topological polar surface area (TPSA) is 110 Å². The molecule has 1 fully saturated rings. The van der Waals surface area contributed by atoms with Crippen molar-refractivity contribution >= 4 is 28.4 Å². The summed E-state index contributed by atoms with van der Waals surface area (Å²) in [4.78, 5) is 38.2. The van der Waals surface area contributed by atoms with Crippen molar-refractivity contribution in [1.29, 1.82) is 0 Å². The van der Waals surface area contributed by atoms with Gasteiger partial charge in [0.05, 0.1) is 21.7 Å². The van der Waals surface area contributed by atoms with E-state index in [2.05, 4.69) is 17.0 Å². The molecule has 1 amide bonds. The summed E-state index contributed by atoms with van der Waals surface area (Å²) in [6.07, 6.45) is 0.577. The lowest BCUT2D eigenvalue weighted by Crippen LogP contribution is -2.49. The summed E-state index contributed by atoms with van der Waals surface area (Å²) in [6.45, 7) is 5.69. The smallest absolute Gasteiger partial charge is 0.273 e. The van der Waals surface area contributed by atoms with Crippen molar-refractivity contribution in [2.75, 3.05) is 31.1 Å². The summed E-state index contributed by atoms with van der Waals surface area (Å²) in [5.74, 6) is 1.29. The molecule has 1 aliphatic rings. The first kappa shape index (κ1) is 26.1. The summed E-state index contributed by atoms with van der Waals surface area (Å²) in [5.41, 5.74) is 4.42. The molecule has 0 aliphatic carbocycles. The maximum absolute atomic E-state index is 13.3. The third-order valence-electron chi connectivity index (χ3n) is 7.45. The molecule has 1 saturated heterocycles. The van der Waals surface area contributed by atoms with E-state index in [1.165, 1.54) is 6.07 Å². The van der Waals surface area contributed by atoms with Gasteiger partial charge in [-0.25, -0.2) is 14.6 Å². The van der Waals surface area contributed by atoms with Crippen LogP contribution >= 0.6 is 0 Å². The number of amides is 1. The molecular weight excluding hydrogens is 518 g/mol. The van der Waals surface area contributed by atoms with Gasteiger partial charge in [0, 0.05) is 49.8 Å². The van der Waals surface area contributed by atoms with E-state index in [-0.39, 0.29) is 11.6 Å². The Morgan fingerprint density at radius 1 is 0.902 bits per heavy atom. The maximum Gasteiger partial charge on any atom is 0.273 e. The van der Waals surface area contributed by atoms with Gasteiger partial charge in [0.2, 0.25) is 0 Å². The van der Waals surface area contributed by atoms with Gasteiger partial charge in [-0.2, -0.15) is 5.10 Å². The van der Waals surface area contributed by atoms with E-state index in [1.807, 2.05) is 60.1 Å². The first-order chi connectivity index (χ1) is 19.9. The van der Waals surface area contributed by atoms with E-state index >= 15 is 0 Å². The zero-order chi connectivity index (χ0) is 28.5. The lowest BCUT2D eigenvalue weighted by molar-refractivity contribution is -0.385. The summed E-state index contributed by atoms with van der Waals surface area (Å²) < 4.78 is 1.87. The summed E-state index contributed by atoms with van der Waals surface area (Å²) in [6, 6.07) is 24.7. The molecule has 0 saturated carbocycles. The molecule has 6 rings (SSSR count). The highest BCUT2D eigenvalue weighted by molar-refractivity contribution is 5.95. The molecule has 3 aromatic carbocycles. The lowest BCUT2D eigenvalue weighted by Gasteiger charge is -2.35. The summed E-state index contributed by atoms with van der Waals surface area (Å²) in [5, 5.41) is 17.1. The second kappa shape index (κ2) is 10.8. The highest BCUT2D eigenvalue weighted by Crippen LogP contribution is 2.30. The van der Waals surface area contributed by atoms with Gasteiger partial charge in [-0.05, 0) is 37.6 Å². The van der Waals surface area contributed by atoms with Crippen LogP contribution in [0.4, 0.5) is 11.5 Å². The van der Waals surface area contributed by atoms with Gasteiger partial charge in [0.1, 0.15) is 11.6 Å². The number of benzene rings is 3. The second-order valence-corrected chi connectivity index (χ2v) is 10.2. The van der Waals surface area contributed by atoms with Crippen LogP contribution in [0.1, 0.15) is 33.0 Å². The lowest BCUT2D eigenvalue weighted by atomic mass is 10.1. The predicted molar refractivity (Wildman–Crippen MR) is 157 cm³/mol. The molecule has 10 heteroatoms. The van der Waals surface area contributed by atoms with E-state index < -0.39 is 4.92 Å². The number of aryl methyl sites for hydroxylation is 2. The molecule has 1 aliphatic heterocycles. The first-order valence-corrected chi connectivity index (χ1v) is 13.5. The molecule has 206 valence electrons. The number of hydrogen-bond acceptors (Lipinski definition) is 7. The third kappa shape index (κ3) is 5.11. The largest absolute Gasteiger partial charge is 0.352 e. The molecule has 5 aromatic rings. The number of piperazine rings is 1. The maximum atomic E-state index is 13.3. The standard InChI is InChI=1S/C31H29N7O3/c1-21-13-14-24(20-26(21)38(40)41)31(39)36-17-15-35(16-18-36)29-28-22(2)34-37(25-11-7-4-8-12-25)30(28)33-27(32-29)19-23-9-5-3-6-10-23/h3-14,20H,15-19H2,1-2H3. The van der Waals surface area contributed by atoms with Gasteiger partial charge in [-0.15, -0.1) is 0 Å². The van der Waals surface area contributed by atoms with Crippen molar-refractivity contribution in [3.05, 3.63) is 117 Å². The minimum atomic E-state index is -0.449. The first-order valence-electron chi connectivity index (χ1n) is 13.5. The molecule has 0 N–H and O–H groups in total. The Balaban J connectivity index is 1.33. The zero-order valence-corrected chi connectivity index (χ0v) is 22.9. The average Bonchev–Trinajstić information content (AvgIpc) is 3.33. The van der Waals surface area contributed by atoms with Gasteiger partial charge in [-0.1, -0.05) is 54.6 Å². The Hall–Kier alpha value is -5.12. The molecule has 41 heavy (non-hydrogen) atoms. The van der Waals surface area contributed by atoms with Gasteiger partial charge in [0.25, 0.3) is 11.6 Å². The van der Waals surface area contributed by atoms with Crippen LogP contribution in [0.15, 0.2) is 78.9 Å². The van der Waals surface area contributed by atoms with Crippen molar-refractivity contribution in [3.8, 4) is 5.69 Å². The van der Waals surface area contributed by atoms with E-state index in [4.69, 9.17) is 15.1 Å². The number of carbonyl (C=O) groups excluding carboxylic acids is 1. The van der Waals surface area contributed by atoms with Gasteiger partial charge >= 0.3 is 0 Å². The van der Waals surface area contributed by atoms with Crippen molar-refractivity contribution in [2.45, 2.75) is 20.3 Å². The fraction of sp³-hybridized carbons (Fsp3) is 0.226. The molecule has 0 bridgehead atoms. The number of para-hydroxylation sites is 1. The number of nitro benzene ring substituents is 1. The molecule has 2 aromatic heterocycles. The molecule has 10 nitrogen and oxygen atoms in total. The minimum absolute atomic E-state index is 0.0466. The van der Waals surface area contributed by atoms with Gasteiger partial charge in [-0.3, -0.25) is 14.9 Å². The number of fused-ring (bicyclic) bond motifs is 1. The van der Waals surface area contributed by atoms with Crippen molar-refractivity contribution in [3.63, 3.8) is 0 Å². The second-order valence-electron chi connectivity index (χ2n) is 10.2. The molecule has 0 radical (unpaired) electrons. The van der Waals surface area contributed by atoms with E-state index in [0.29, 0.717) is 49.6 Å². The zero-order valence-electron chi connectivity index (χ0n) is 22.9. The highest BCUT2D eigenvalue weighted by Gasteiger charge is 2.28. The number of nitro groups is 1. The van der Waals surface area contributed by atoms with Crippen LogP contribution in [-0.2, 0) is 6.42 Å². The fourth-order valence-corrected chi connectivity index (χ4v) is 5.28. The van der Waals surface area contributed by atoms with Gasteiger partial charge in [0.15, 0.2) is 5.65 Å². The highest BCUT2D eigenvalue weighted by atomic mass is 16.6. The Morgan fingerprint density at radius 3 is 2.27 bits per heavy atom. The predicted octanol–water partition coefficient (Wildman–Crippen LogP) is 4.89. The molecular formula is C31H29N7O3. The van der Waals surface area contributed by atoms with Crippen LogP contribution in [0.3, 0.4) is 0 Å². The van der Waals surface area contributed by atoms with Crippen LogP contribution in [0.5, 0.6) is 0 Å². The molecule has 0 atom stereocenters. The number of carbonyl (C=O) groups is 1. The normalized spacial score (nSPS) is 13.5. The van der Waals surface area contributed by atoms with E-state index in [9.17, 15) is 14.9 Å². The van der Waals surface area contributed by atoms with Crippen LogP contribution in [0, 0.1) is 24.0 Å². The van der Waals surface area contributed by atoms with Gasteiger partial charge < -0.3 is 9.80 Å². The fourth-order valence-electron chi connectivity index (χ4n) is 5.28. The molecule has 0 unspecified atom stereocenters. The summed E-state index contributed by atoms with van der Waals surface area (Å²) >= 11 is 0. The Bertz CT molecular complexity index is 1740. The van der Waals surface area contributed by atoms with Crippen LogP contribution < -0.4 is 4.90 Å². The minimum Gasteiger partial charge on any atom is -0.352 e. The Kier molecular flexibility index (Phi) is 6.88. The molecule has 3 heterocycles. The van der Waals surface area contributed by atoms with Crippen LogP contribution in [0.2, 0.25) is 0 Å². The third-order valence-corrected chi connectivity index (χ3v) is 7.45. The van der Waals surface area contributed by atoms with Crippen molar-refractivity contribution < 1.29 is 9.72 Å². The van der Waals surface area contributed by atoms with Crippen LogP contribution in [0.25, 0.3) is 16.7 Å². The number of anilines is 1. The summed E-state index contributed by atoms with van der Waals surface area (Å²) in [7, 11) is 0. The van der Waals surface area contributed by atoms with E-state index in [1.54, 1.807) is 24.0 Å². The van der Waals surface area contributed by atoms with E-state index in [0.717, 1.165) is 33.8 Å². The number of rotatable bonds is 6. The Labute approximate surface area is 237 Å². The molecule has 0 spiro atoms. The SMILES string of the molecule is Cc1ccc(C(=O)N2CCN(c3nc(Cc4ccccc4)nc4c3c(C)nn4-c3ccccc3)CC2)cc1[N+](=O)[O-]. The number of nitrogens with zero attached hydrogens (tertiary/aromatic N) is 7. The van der Waals surface area contributed by atoms with Crippen molar-refractivity contribution in [1.82, 2.24) is 24.6 Å². The average molecular weight is 548 g/mol.